The molecule has 1 aromatic carbocycles. The second-order valence-electron chi connectivity index (χ2n) is 5.47. The number of carbonyl (C=O) groups is 1. The van der Waals surface area contributed by atoms with E-state index in [1.807, 2.05) is 30.5 Å². The summed E-state index contributed by atoms with van der Waals surface area (Å²) in [5.41, 5.74) is 2.13. The van der Waals surface area contributed by atoms with Crippen LogP contribution in [0.15, 0.2) is 30.5 Å². The summed E-state index contributed by atoms with van der Waals surface area (Å²) < 4.78 is 5.33. The van der Waals surface area contributed by atoms with Crippen LogP contribution in [0.2, 0.25) is 0 Å². The van der Waals surface area contributed by atoms with Gasteiger partial charge in [0.2, 0.25) is 5.91 Å². The molecule has 1 aliphatic carbocycles. The van der Waals surface area contributed by atoms with Gasteiger partial charge in [-0.05, 0) is 30.9 Å². The first-order valence-corrected chi connectivity index (χ1v) is 7.13. The lowest BCUT2D eigenvalue weighted by Gasteiger charge is -2.12. The van der Waals surface area contributed by atoms with Crippen LogP contribution >= 0.6 is 0 Å². The van der Waals surface area contributed by atoms with E-state index >= 15 is 0 Å². The summed E-state index contributed by atoms with van der Waals surface area (Å²) in [6.45, 7) is 0. The van der Waals surface area contributed by atoms with Crippen LogP contribution in [-0.2, 0) is 16.0 Å². The van der Waals surface area contributed by atoms with Gasteiger partial charge in [0, 0.05) is 30.3 Å². The van der Waals surface area contributed by atoms with Gasteiger partial charge in [0.05, 0.1) is 12.5 Å². The molecule has 3 rings (SSSR count). The lowest BCUT2D eigenvalue weighted by atomic mass is 10.1. The topological polar surface area (TPSA) is 54.1 Å². The van der Waals surface area contributed by atoms with E-state index in [-0.39, 0.29) is 11.9 Å². The normalized spacial score (nSPS) is 22.2. The molecule has 1 saturated carbocycles. The Balaban J connectivity index is 1.62. The SMILES string of the molecule is COC1CCC(NC(=O)Cc2c[nH]c3ccccc23)C1. The van der Waals surface area contributed by atoms with Gasteiger partial charge in [-0.15, -0.1) is 0 Å². The van der Waals surface area contributed by atoms with Crippen molar-refractivity contribution < 1.29 is 9.53 Å². The van der Waals surface area contributed by atoms with Crippen LogP contribution in [0.1, 0.15) is 24.8 Å². The molecular formula is C16H20N2O2. The third-order valence-electron chi connectivity index (χ3n) is 4.11. The van der Waals surface area contributed by atoms with E-state index < -0.39 is 0 Å². The number of para-hydroxylation sites is 1. The fourth-order valence-corrected chi connectivity index (χ4v) is 3.01. The first-order valence-electron chi connectivity index (χ1n) is 7.13. The van der Waals surface area contributed by atoms with Gasteiger partial charge in [-0.3, -0.25) is 4.79 Å². The number of rotatable bonds is 4. The third-order valence-corrected chi connectivity index (χ3v) is 4.11. The van der Waals surface area contributed by atoms with E-state index in [9.17, 15) is 4.79 Å². The van der Waals surface area contributed by atoms with Crippen molar-refractivity contribution in [2.75, 3.05) is 7.11 Å². The van der Waals surface area contributed by atoms with Crippen molar-refractivity contribution in [2.45, 2.75) is 37.8 Å². The summed E-state index contributed by atoms with van der Waals surface area (Å²) in [5.74, 6) is 0.0940. The molecule has 2 aromatic rings. The van der Waals surface area contributed by atoms with Crippen molar-refractivity contribution in [2.24, 2.45) is 0 Å². The van der Waals surface area contributed by atoms with Crippen LogP contribution in [-0.4, -0.2) is 30.1 Å². The molecule has 106 valence electrons. The Morgan fingerprint density at radius 2 is 2.25 bits per heavy atom. The first-order chi connectivity index (χ1) is 9.76. The average Bonchev–Trinajstić information content (AvgIpc) is 3.06. The molecule has 0 spiro atoms. The molecule has 2 N–H and O–H groups in total. The summed E-state index contributed by atoms with van der Waals surface area (Å²) in [5, 5.41) is 4.24. The second kappa shape index (κ2) is 5.67. The Labute approximate surface area is 118 Å². The maximum atomic E-state index is 12.1. The standard InChI is InChI=1S/C16H20N2O2/c1-20-13-7-6-12(9-13)18-16(19)8-11-10-17-15-5-3-2-4-14(11)15/h2-5,10,12-13,17H,6-9H2,1H3,(H,18,19). The number of fused-ring (bicyclic) bond motifs is 1. The van der Waals surface area contributed by atoms with Crippen LogP contribution in [0, 0.1) is 0 Å². The summed E-state index contributed by atoms with van der Waals surface area (Å²) >= 11 is 0. The quantitative estimate of drug-likeness (QED) is 0.898. The molecule has 0 aliphatic heterocycles. The second-order valence-corrected chi connectivity index (χ2v) is 5.47. The van der Waals surface area contributed by atoms with Crippen molar-refractivity contribution in [1.29, 1.82) is 0 Å². The molecule has 1 aromatic heterocycles. The highest BCUT2D eigenvalue weighted by atomic mass is 16.5. The van der Waals surface area contributed by atoms with Gasteiger partial charge in [-0.1, -0.05) is 18.2 Å². The monoisotopic (exact) mass is 272 g/mol. The maximum Gasteiger partial charge on any atom is 0.224 e. The third kappa shape index (κ3) is 2.70. The zero-order valence-corrected chi connectivity index (χ0v) is 11.7. The zero-order chi connectivity index (χ0) is 13.9. The van der Waals surface area contributed by atoms with Gasteiger partial charge in [-0.25, -0.2) is 0 Å². The average molecular weight is 272 g/mol. The highest BCUT2D eigenvalue weighted by molar-refractivity contribution is 5.88. The summed E-state index contributed by atoms with van der Waals surface area (Å²) in [4.78, 5) is 15.3. The molecule has 1 amide bonds. The van der Waals surface area contributed by atoms with Crippen molar-refractivity contribution in [3.63, 3.8) is 0 Å². The van der Waals surface area contributed by atoms with Crippen LogP contribution in [0.3, 0.4) is 0 Å². The zero-order valence-electron chi connectivity index (χ0n) is 11.7. The van der Waals surface area contributed by atoms with Crippen LogP contribution < -0.4 is 5.32 Å². The molecule has 2 unspecified atom stereocenters. The summed E-state index contributed by atoms with van der Waals surface area (Å²) in [6, 6.07) is 8.32. The van der Waals surface area contributed by atoms with Crippen molar-refractivity contribution in [1.82, 2.24) is 10.3 Å². The number of H-pyrrole nitrogens is 1. The minimum atomic E-state index is 0.0940. The molecule has 1 aliphatic rings. The van der Waals surface area contributed by atoms with Crippen LogP contribution in [0.4, 0.5) is 0 Å². The fourth-order valence-electron chi connectivity index (χ4n) is 3.01. The molecule has 0 saturated heterocycles. The van der Waals surface area contributed by atoms with Gasteiger partial charge >= 0.3 is 0 Å². The molecule has 1 heterocycles. The Bertz CT molecular complexity index is 605. The largest absolute Gasteiger partial charge is 0.381 e. The van der Waals surface area contributed by atoms with Gasteiger partial charge in [0.1, 0.15) is 0 Å². The first kappa shape index (κ1) is 13.2. The number of nitrogens with one attached hydrogen (secondary N) is 2. The lowest BCUT2D eigenvalue weighted by Crippen LogP contribution is -2.34. The minimum absolute atomic E-state index is 0.0940. The highest BCUT2D eigenvalue weighted by Gasteiger charge is 2.25. The van der Waals surface area contributed by atoms with E-state index in [4.69, 9.17) is 4.74 Å². The molecule has 0 radical (unpaired) electrons. The Hall–Kier alpha value is -1.81. The summed E-state index contributed by atoms with van der Waals surface area (Å²) in [7, 11) is 1.74. The number of carbonyl (C=O) groups excluding carboxylic acids is 1. The molecular weight excluding hydrogens is 252 g/mol. The van der Waals surface area contributed by atoms with E-state index in [2.05, 4.69) is 10.3 Å². The molecule has 2 atom stereocenters. The predicted molar refractivity (Wildman–Crippen MR) is 78.6 cm³/mol. The number of methoxy groups -OCH3 is 1. The van der Waals surface area contributed by atoms with E-state index in [0.29, 0.717) is 12.5 Å². The smallest absolute Gasteiger partial charge is 0.224 e. The predicted octanol–water partition coefficient (Wildman–Crippen LogP) is 2.39. The van der Waals surface area contributed by atoms with Crippen LogP contribution in [0.25, 0.3) is 10.9 Å². The van der Waals surface area contributed by atoms with E-state index in [1.165, 1.54) is 0 Å². The van der Waals surface area contributed by atoms with Crippen molar-refractivity contribution >= 4 is 16.8 Å². The number of ether oxygens (including phenoxy) is 1. The molecule has 0 bridgehead atoms. The Kier molecular flexibility index (Phi) is 3.74. The van der Waals surface area contributed by atoms with Gasteiger partial charge < -0.3 is 15.0 Å². The van der Waals surface area contributed by atoms with Gasteiger partial charge in [0.15, 0.2) is 0 Å². The highest BCUT2D eigenvalue weighted by Crippen LogP contribution is 2.22. The Morgan fingerprint density at radius 1 is 1.40 bits per heavy atom. The number of hydrogen-bond donors (Lipinski definition) is 2. The molecule has 4 heteroatoms. The summed E-state index contributed by atoms with van der Waals surface area (Å²) in [6.07, 6.45) is 5.63. The number of amides is 1. The Morgan fingerprint density at radius 3 is 3.05 bits per heavy atom. The molecule has 4 nitrogen and oxygen atoms in total. The minimum Gasteiger partial charge on any atom is -0.381 e. The number of benzene rings is 1. The number of hydrogen-bond acceptors (Lipinski definition) is 2. The van der Waals surface area contributed by atoms with Crippen molar-refractivity contribution in [3.8, 4) is 0 Å². The molecule has 20 heavy (non-hydrogen) atoms. The maximum absolute atomic E-state index is 12.1. The van der Waals surface area contributed by atoms with E-state index in [1.54, 1.807) is 7.11 Å². The van der Waals surface area contributed by atoms with Crippen molar-refractivity contribution in [3.05, 3.63) is 36.0 Å². The van der Waals surface area contributed by atoms with E-state index in [0.717, 1.165) is 35.7 Å². The van der Waals surface area contributed by atoms with Crippen LogP contribution in [0.5, 0.6) is 0 Å². The number of aromatic amines is 1. The van der Waals surface area contributed by atoms with Gasteiger partial charge in [-0.2, -0.15) is 0 Å². The molecule has 1 fully saturated rings. The fraction of sp³-hybridized carbons (Fsp3) is 0.438. The van der Waals surface area contributed by atoms with Gasteiger partial charge in [0.25, 0.3) is 0 Å². The number of aromatic nitrogens is 1. The lowest BCUT2D eigenvalue weighted by molar-refractivity contribution is -0.121.